The molecule has 0 aliphatic heterocycles. The number of hydrogen-bond acceptors (Lipinski definition) is 4. The number of nitrogens with two attached hydrogens (primary N) is 1. The highest BCUT2D eigenvalue weighted by atomic mass is 35.5. The zero-order valence-electron chi connectivity index (χ0n) is 15.3. The molecule has 0 spiro atoms. The molecule has 1 atom stereocenters. The quantitative estimate of drug-likeness (QED) is 0.603. The molecule has 0 saturated heterocycles. The molecule has 0 radical (unpaired) electrons. The fourth-order valence-corrected chi connectivity index (χ4v) is 4.67. The molecule has 0 aliphatic carbocycles. The molecule has 2 aromatic carbocycles. The number of carbonyl (C=O) groups excluding carboxylic acids is 1. The van der Waals surface area contributed by atoms with Crippen molar-refractivity contribution < 1.29 is 13.2 Å². The molecule has 1 aromatic heterocycles. The highest BCUT2D eigenvalue weighted by Crippen LogP contribution is 2.36. The van der Waals surface area contributed by atoms with Gasteiger partial charge in [-0.3, -0.25) is 4.79 Å². The van der Waals surface area contributed by atoms with E-state index in [1.807, 2.05) is 31.2 Å². The van der Waals surface area contributed by atoms with Crippen LogP contribution < -0.4 is 5.14 Å². The van der Waals surface area contributed by atoms with Crippen LogP contribution in [-0.4, -0.2) is 26.3 Å². The molecule has 0 saturated carbocycles. The van der Waals surface area contributed by atoms with E-state index >= 15 is 0 Å². The number of carbonyl (C=O) groups is 1. The second-order valence-electron chi connectivity index (χ2n) is 6.35. The standard InChI is InChI=1S/C20H19ClN2O3S2/c1-13(14-7-9-15(10-8-14)28(22,25)26)23(2)19(24)12-11-18-20(21)16-5-3-4-6-17(16)27-18/h3-13H,1-2H3,(H2,22,25,26). The van der Waals surface area contributed by atoms with Gasteiger partial charge in [0.1, 0.15) is 0 Å². The molecule has 5 nitrogen and oxygen atoms in total. The molecular formula is C20H19ClN2O3S2. The van der Waals surface area contributed by atoms with Crippen molar-refractivity contribution in [2.75, 3.05) is 7.05 Å². The number of fused-ring (bicyclic) bond motifs is 1. The first-order valence-electron chi connectivity index (χ1n) is 8.43. The molecule has 1 heterocycles. The van der Waals surface area contributed by atoms with Crippen molar-refractivity contribution in [1.29, 1.82) is 0 Å². The Morgan fingerprint density at radius 1 is 1.18 bits per heavy atom. The van der Waals surface area contributed by atoms with E-state index in [0.717, 1.165) is 20.5 Å². The Bertz CT molecular complexity index is 1150. The van der Waals surface area contributed by atoms with Gasteiger partial charge < -0.3 is 4.90 Å². The van der Waals surface area contributed by atoms with Crippen molar-refractivity contribution in [2.24, 2.45) is 5.14 Å². The lowest BCUT2D eigenvalue weighted by atomic mass is 10.1. The molecular weight excluding hydrogens is 416 g/mol. The number of rotatable bonds is 5. The van der Waals surface area contributed by atoms with Crippen LogP contribution in [0.1, 0.15) is 23.4 Å². The largest absolute Gasteiger partial charge is 0.335 e. The second-order valence-corrected chi connectivity index (χ2v) is 9.37. The van der Waals surface area contributed by atoms with Gasteiger partial charge in [0.05, 0.1) is 16.0 Å². The van der Waals surface area contributed by atoms with E-state index in [0.29, 0.717) is 5.02 Å². The van der Waals surface area contributed by atoms with E-state index < -0.39 is 10.0 Å². The summed E-state index contributed by atoms with van der Waals surface area (Å²) in [6.45, 7) is 1.87. The van der Waals surface area contributed by atoms with Crippen molar-refractivity contribution in [1.82, 2.24) is 4.90 Å². The van der Waals surface area contributed by atoms with Gasteiger partial charge in [-0.05, 0) is 36.8 Å². The fourth-order valence-electron chi connectivity index (χ4n) is 2.76. The van der Waals surface area contributed by atoms with E-state index in [1.54, 1.807) is 30.2 Å². The van der Waals surface area contributed by atoms with Crippen LogP contribution in [0.2, 0.25) is 5.02 Å². The Kier molecular flexibility index (Phi) is 5.90. The zero-order chi connectivity index (χ0) is 20.5. The van der Waals surface area contributed by atoms with Crippen LogP contribution in [0.25, 0.3) is 16.2 Å². The highest BCUT2D eigenvalue weighted by Gasteiger charge is 2.17. The van der Waals surface area contributed by atoms with E-state index in [9.17, 15) is 13.2 Å². The minimum Gasteiger partial charge on any atom is -0.335 e. The summed E-state index contributed by atoms with van der Waals surface area (Å²) in [5, 5.41) is 6.72. The first-order chi connectivity index (χ1) is 13.2. The Labute approximate surface area is 173 Å². The van der Waals surface area contributed by atoms with E-state index in [2.05, 4.69) is 0 Å². The van der Waals surface area contributed by atoms with Crippen LogP contribution in [0.15, 0.2) is 59.5 Å². The minimum atomic E-state index is -3.74. The second kappa shape index (κ2) is 8.05. The van der Waals surface area contributed by atoms with Crippen molar-refractivity contribution in [2.45, 2.75) is 17.9 Å². The third kappa shape index (κ3) is 4.28. The predicted molar refractivity (Wildman–Crippen MR) is 115 cm³/mol. The molecule has 1 unspecified atom stereocenters. The molecule has 0 bridgehead atoms. The SMILES string of the molecule is CC(c1ccc(S(N)(=O)=O)cc1)N(C)C(=O)C=Cc1sc2ccccc2c1Cl. The Hall–Kier alpha value is -2.19. The smallest absolute Gasteiger partial charge is 0.246 e. The number of thiophene rings is 1. The number of likely N-dealkylation sites (N-methyl/N-ethyl adjacent to an activating group) is 1. The van der Waals surface area contributed by atoms with Crippen molar-refractivity contribution >= 4 is 55.0 Å². The van der Waals surface area contributed by atoms with Gasteiger partial charge in [0, 0.05) is 28.1 Å². The monoisotopic (exact) mass is 434 g/mol. The first-order valence-corrected chi connectivity index (χ1v) is 11.2. The molecule has 2 N–H and O–H groups in total. The summed E-state index contributed by atoms with van der Waals surface area (Å²) in [4.78, 5) is 15.0. The van der Waals surface area contributed by atoms with Crippen LogP contribution in [0, 0.1) is 0 Å². The minimum absolute atomic E-state index is 0.0386. The average Bonchev–Trinajstić information content (AvgIpc) is 3.00. The van der Waals surface area contributed by atoms with Gasteiger partial charge >= 0.3 is 0 Å². The van der Waals surface area contributed by atoms with Crippen LogP contribution in [-0.2, 0) is 14.8 Å². The van der Waals surface area contributed by atoms with Gasteiger partial charge in [-0.1, -0.05) is 41.9 Å². The van der Waals surface area contributed by atoms with E-state index in [4.69, 9.17) is 16.7 Å². The molecule has 146 valence electrons. The summed E-state index contributed by atoms with van der Waals surface area (Å²) in [6.07, 6.45) is 3.22. The topological polar surface area (TPSA) is 80.5 Å². The lowest BCUT2D eigenvalue weighted by molar-refractivity contribution is -0.126. The average molecular weight is 435 g/mol. The van der Waals surface area contributed by atoms with Crippen LogP contribution in [0.3, 0.4) is 0 Å². The van der Waals surface area contributed by atoms with Crippen molar-refractivity contribution in [3.05, 3.63) is 70.1 Å². The van der Waals surface area contributed by atoms with Gasteiger partial charge in [0.25, 0.3) is 0 Å². The van der Waals surface area contributed by atoms with Gasteiger partial charge in [0.2, 0.25) is 15.9 Å². The normalized spacial score (nSPS) is 13.1. The number of amides is 1. The highest BCUT2D eigenvalue weighted by molar-refractivity contribution is 7.89. The maximum absolute atomic E-state index is 12.6. The van der Waals surface area contributed by atoms with Gasteiger partial charge in [-0.2, -0.15) is 0 Å². The lowest BCUT2D eigenvalue weighted by Gasteiger charge is -2.24. The summed E-state index contributed by atoms with van der Waals surface area (Å²) in [5.41, 5.74) is 0.802. The summed E-state index contributed by atoms with van der Waals surface area (Å²) >= 11 is 7.93. The summed E-state index contributed by atoms with van der Waals surface area (Å²) < 4.78 is 23.8. The van der Waals surface area contributed by atoms with Crippen LogP contribution in [0.5, 0.6) is 0 Å². The fraction of sp³-hybridized carbons (Fsp3) is 0.150. The molecule has 8 heteroatoms. The Morgan fingerprint density at radius 2 is 1.82 bits per heavy atom. The summed E-state index contributed by atoms with van der Waals surface area (Å²) in [5.74, 6) is -0.184. The van der Waals surface area contributed by atoms with E-state index in [-0.39, 0.29) is 16.8 Å². The molecule has 3 rings (SSSR count). The van der Waals surface area contributed by atoms with Gasteiger partial charge in [-0.15, -0.1) is 11.3 Å². The third-order valence-corrected chi connectivity index (χ3v) is 7.14. The zero-order valence-corrected chi connectivity index (χ0v) is 17.7. The van der Waals surface area contributed by atoms with Crippen LogP contribution in [0.4, 0.5) is 0 Å². The van der Waals surface area contributed by atoms with E-state index in [1.165, 1.54) is 29.5 Å². The molecule has 0 aliphatic rings. The lowest BCUT2D eigenvalue weighted by Crippen LogP contribution is -2.28. The number of benzene rings is 2. The number of halogens is 1. The van der Waals surface area contributed by atoms with Crippen molar-refractivity contribution in [3.63, 3.8) is 0 Å². The number of nitrogens with zero attached hydrogens (tertiary/aromatic N) is 1. The van der Waals surface area contributed by atoms with Crippen molar-refractivity contribution in [3.8, 4) is 0 Å². The summed E-state index contributed by atoms with van der Waals surface area (Å²) in [6, 6.07) is 13.8. The van der Waals surface area contributed by atoms with Crippen LogP contribution >= 0.6 is 22.9 Å². The third-order valence-electron chi connectivity index (χ3n) is 4.56. The first kappa shape index (κ1) is 20.5. The molecule has 3 aromatic rings. The predicted octanol–water partition coefficient (Wildman–Crippen LogP) is 4.43. The number of primary sulfonamides is 1. The Morgan fingerprint density at radius 3 is 2.43 bits per heavy atom. The van der Waals surface area contributed by atoms with Gasteiger partial charge in [0.15, 0.2) is 0 Å². The summed E-state index contributed by atoms with van der Waals surface area (Å²) in [7, 11) is -2.05. The molecule has 1 amide bonds. The molecule has 28 heavy (non-hydrogen) atoms. The number of hydrogen-bond donors (Lipinski definition) is 1. The maximum Gasteiger partial charge on any atom is 0.246 e. The van der Waals surface area contributed by atoms with Gasteiger partial charge in [-0.25, -0.2) is 13.6 Å². The number of sulfonamides is 1. The maximum atomic E-state index is 12.6. The molecule has 0 fully saturated rings. The Balaban J connectivity index is 1.76.